The van der Waals surface area contributed by atoms with E-state index < -0.39 is 34.2 Å². The molecule has 0 heterocycles. The molecule has 7 nitrogen and oxygen atoms in total. The number of rotatable bonds is 12. The lowest BCUT2D eigenvalue weighted by Crippen LogP contribution is -2.63. The van der Waals surface area contributed by atoms with Crippen LogP contribution in [-0.4, -0.2) is 76.9 Å². The average molecular weight is 431 g/mol. The van der Waals surface area contributed by atoms with Crippen molar-refractivity contribution < 1.29 is 30.7 Å². The topological polar surface area (TPSA) is 64.6 Å². The molecule has 25 heavy (non-hydrogen) atoms. The molecular formula is C14H38O7Si4. The quantitative estimate of drug-likeness (QED) is 0.441. The van der Waals surface area contributed by atoms with Crippen molar-refractivity contribution in [1.29, 1.82) is 0 Å². The third-order valence-electron chi connectivity index (χ3n) is 5.38. The Morgan fingerprint density at radius 3 is 0.840 bits per heavy atom. The van der Waals surface area contributed by atoms with Crippen molar-refractivity contribution in [3.63, 3.8) is 0 Å². The van der Waals surface area contributed by atoms with Crippen molar-refractivity contribution in [2.24, 2.45) is 0 Å². The van der Waals surface area contributed by atoms with Gasteiger partial charge in [0.25, 0.3) is 0 Å². The minimum absolute atomic E-state index is 0.0719. The van der Waals surface area contributed by atoms with Gasteiger partial charge in [-0.2, -0.15) is 0 Å². The molecular weight excluding hydrogens is 392 g/mol. The highest BCUT2D eigenvalue weighted by molar-refractivity contribution is 6.96. The van der Waals surface area contributed by atoms with Gasteiger partial charge in [-0.25, -0.2) is 0 Å². The van der Waals surface area contributed by atoms with Gasteiger partial charge in [0.1, 0.15) is 0 Å². The Morgan fingerprint density at radius 1 is 0.480 bits per heavy atom. The first-order valence-electron chi connectivity index (χ1n) is 8.39. The van der Waals surface area contributed by atoms with E-state index in [-0.39, 0.29) is 10.3 Å². The normalized spacial score (nSPS) is 16.8. The standard InChI is InChI=1S/C14H38O7Si4/c1-13(24(15-3,16-4)17-5)22(9,10)21-23(11,12)14(2)25(18-6,19-7)20-8/h13-14H,1-12H3. The Bertz CT molecular complexity index is 348. The first-order valence-corrected chi connectivity index (χ1v) is 18.0. The van der Waals surface area contributed by atoms with Crippen LogP contribution in [-0.2, 0) is 30.7 Å². The van der Waals surface area contributed by atoms with Crippen molar-refractivity contribution in [1.82, 2.24) is 0 Å². The van der Waals surface area contributed by atoms with E-state index in [0.717, 1.165) is 0 Å². The average Bonchev–Trinajstić information content (AvgIpc) is 2.58. The molecule has 0 saturated heterocycles. The summed E-state index contributed by atoms with van der Waals surface area (Å²) in [6, 6.07) is 0. The molecule has 0 amide bonds. The van der Waals surface area contributed by atoms with Crippen LogP contribution in [0.3, 0.4) is 0 Å². The molecule has 0 bridgehead atoms. The van der Waals surface area contributed by atoms with E-state index in [1.165, 1.54) is 0 Å². The third kappa shape index (κ3) is 5.31. The summed E-state index contributed by atoms with van der Waals surface area (Å²) in [7, 11) is -0.145. The highest BCUT2D eigenvalue weighted by Crippen LogP contribution is 2.40. The minimum Gasteiger partial charge on any atom is -0.455 e. The van der Waals surface area contributed by atoms with Crippen LogP contribution < -0.4 is 0 Å². The van der Waals surface area contributed by atoms with Crippen LogP contribution in [0.5, 0.6) is 0 Å². The van der Waals surface area contributed by atoms with Crippen LogP contribution >= 0.6 is 0 Å². The second-order valence-corrected chi connectivity index (χ2v) is 23.9. The Kier molecular flexibility index (Phi) is 9.91. The van der Waals surface area contributed by atoms with Crippen LogP contribution in [0.2, 0.25) is 36.5 Å². The summed E-state index contributed by atoms with van der Waals surface area (Å²) < 4.78 is 41.0. The summed E-state index contributed by atoms with van der Waals surface area (Å²) in [5.41, 5.74) is 0. The van der Waals surface area contributed by atoms with Gasteiger partial charge in [0.05, 0.1) is 0 Å². The van der Waals surface area contributed by atoms with Gasteiger partial charge in [0, 0.05) is 53.0 Å². The number of hydrogen-bond acceptors (Lipinski definition) is 7. The fourth-order valence-electron chi connectivity index (χ4n) is 3.27. The van der Waals surface area contributed by atoms with E-state index in [2.05, 4.69) is 40.0 Å². The summed E-state index contributed by atoms with van der Waals surface area (Å²) in [5.74, 6) is 0. The highest BCUT2D eigenvalue weighted by atomic mass is 28.5. The molecule has 0 fully saturated rings. The zero-order valence-electron chi connectivity index (χ0n) is 18.0. The van der Waals surface area contributed by atoms with Crippen LogP contribution in [0.15, 0.2) is 0 Å². The molecule has 0 rings (SSSR count). The largest absolute Gasteiger partial charge is 0.502 e. The summed E-state index contributed by atoms with van der Waals surface area (Å²) in [6.45, 7) is 13.0. The van der Waals surface area contributed by atoms with Crippen molar-refractivity contribution in [2.45, 2.75) is 50.4 Å². The molecule has 0 aromatic heterocycles. The Balaban J connectivity index is 5.63. The van der Waals surface area contributed by atoms with Crippen LogP contribution in [0.25, 0.3) is 0 Å². The molecule has 2 atom stereocenters. The van der Waals surface area contributed by atoms with Gasteiger partial charge in [0.2, 0.25) is 0 Å². The van der Waals surface area contributed by atoms with Crippen molar-refractivity contribution in [3.8, 4) is 0 Å². The lowest BCUT2D eigenvalue weighted by molar-refractivity contribution is 0.117. The first-order chi connectivity index (χ1) is 11.4. The molecule has 0 spiro atoms. The van der Waals surface area contributed by atoms with Gasteiger partial charge >= 0.3 is 17.6 Å². The molecule has 0 aromatic carbocycles. The summed E-state index contributed by atoms with van der Waals surface area (Å²) in [5, 5.41) is 0.144. The molecule has 0 aliphatic rings. The maximum Gasteiger partial charge on any atom is 0.502 e. The maximum absolute atomic E-state index is 6.84. The van der Waals surface area contributed by atoms with E-state index >= 15 is 0 Å². The lowest BCUT2D eigenvalue weighted by atomic mass is 10.9. The molecule has 2 unspecified atom stereocenters. The van der Waals surface area contributed by atoms with Crippen molar-refractivity contribution in [2.75, 3.05) is 42.7 Å². The molecule has 0 aliphatic heterocycles. The van der Waals surface area contributed by atoms with E-state index in [1.54, 1.807) is 42.7 Å². The van der Waals surface area contributed by atoms with E-state index in [9.17, 15) is 0 Å². The minimum atomic E-state index is -2.79. The SMILES string of the molecule is CO[Si](OC)(OC)C(C)[Si](C)(C)O[Si](C)(C)C(C)[Si](OC)(OC)OC. The molecule has 0 aliphatic carbocycles. The molecule has 152 valence electrons. The van der Waals surface area contributed by atoms with Gasteiger partial charge < -0.3 is 30.7 Å². The second-order valence-electron chi connectivity index (χ2n) is 7.18. The molecule has 0 aromatic rings. The summed E-state index contributed by atoms with van der Waals surface area (Å²) in [4.78, 5) is 0. The molecule has 11 heteroatoms. The zero-order valence-corrected chi connectivity index (χ0v) is 22.0. The van der Waals surface area contributed by atoms with Crippen LogP contribution in [0, 0.1) is 0 Å². The highest BCUT2D eigenvalue weighted by Gasteiger charge is 2.59. The van der Waals surface area contributed by atoms with E-state index in [4.69, 9.17) is 30.7 Å². The number of hydrogen-bond donors (Lipinski definition) is 0. The van der Waals surface area contributed by atoms with Gasteiger partial charge in [-0.05, 0) is 26.2 Å². The lowest BCUT2D eigenvalue weighted by Gasteiger charge is -2.46. The predicted molar refractivity (Wildman–Crippen MR) is 108 cm³/mol. The van der Waals surface area contributed by atoms with Gasteiger partial charge in [-0.3, -0.25) is 0 Å². The Hall–Kier alpha value is 0.588. The monoisotopic (exact) mass is 430 g/mol. The summed E-state index contributed by atoms with van der Waals surface area (Å²) >= 11 is 0. The van der Waals surface area contributed by atoms with Crippen molar-refractivity contribution in [3.05, 3.63) is 0 Å². The molecule has 0 radical (unpaired) electrons. The second kappa shape index (κ2) is 9.68. The van der Waals surface area contributed by atoms with E-state index in [0.29, 0.717) is 0 Å². The van der Waals surface area contributed by atoms with Gasteiger partial charge in [0.15, 0.2) is 16.6 Å². The smallest absolute Gasteiger partial charge is 0.455 e. The van der Waals surface area contributed by atoms with Crippen LogP contribution in [0.1, 0.15) is 13.8 Å². The van der Waals surface area contributed by atoms with Gasteiger partial charge in [-0.15, -0.1) is 0 Å². The van der Waals surface area contributed by atoms with Crippen LogP contribution in [0.4, 0.5) is 0 Å². The fourth-order valence-corrected chi connectivity index (χ4v) is 23.2. The molecule has 0 saturated carbocycles. The van der Waals surface area contributed by atoms with E-state index in [1.807, 2.05) is 0 Å². The molecule has 0 N–H and O–H groups in total. The maximum atomic E-state index is 6.84. The van der Waals surface area contributed by atoms with Crippen molar-refractivity contribution >= 4 is 34.2 Å². The zero-order chi connectivity index (χ0) is 20.1. The Labute approximate surface area is 158 Å². The summed E-state index contributed by atoms with van der Waals surface area (Å²) in [6.07, 6.45) is 0. The fraction of sp³-hybridized carbons (Fsp3) is 1.00. The Morgan fingerprint density at radius 2 is 0.680 bits per heavy atom. The first kappa shape index (κ1) is 25.6. The van der Waals surface area contributed by atoms with Gasteiger partial charge in [-0.1, -0.05) is 13.8 Å². The third-order valence-corrected chi connectivity index (χ3v) is 25.6. The predicted octanol–water partition coefficient (Wildman–Crippen LogP) is 3.03.